The maximum atomic E-state index is 5.76. The SMILES string of the molecule is C/C=C/COc1cc(C)c(Cc2cccc(/C=N/OC)c2)c(C)c1. The highest BCUT2D eigenvalue weighted by Crippen LogP contribution is 2.24. The number of rotatable bonds is 7. The average molecular weight is 323 g/mol. The number of oxime groups is 1. The summed E-state index contributed by atoms with van der Waals surface area (Å²) >= 11 is 0. The van der Waals surface area contributed by atoms with Gasteiger partial charge in [0.2, 0.25) is 0 Å². The van der Waals surface area contributed by atoms with Crippen molar-refractivity contribution in [3.05, 3.63) is 76.4 Å². The second-order valence-electron chi connectivity index (χ2n) is 5.75. The van der Waals surface area contributed by atoms with Crippen LogP contribution < -0.4 is 4.74 Å². The van der Waals surface area contributed by atoms with Gasteiger partial charge in [-0.05, 0) is 73.2 Å². The molecule has 0 heterocycles. The molecule has 0 spiro atoms. The number of nitrogens with zero attached hydrogens (tertiary/aromatic N) is 1. The third-order valence-electron chi connectivity index (χ3n) is 3.89. The normalized spacial score (nSPS) is 11.3. The zero-order valence-corrected chi connectivity index (χ0v) is 14.9. The molecule has 0 aliphatic carbocycles. The molecule has 2 rings (SSSR count). The minimum atomic E-state index is 0.607. The molecule has 0 fully saturated rings. The minimum Gasteiger partial charge on any atom is -0.490 e. The van der Waals surface area contributed by atoms with E-state index in [1.165, 1.54) is 22.3 Å². The summed E-state index contributed by atoms with van der Waals surface area (Å²) in [7, 11) is 1.55. The molecule has 0 aliphatic rings. The summed E-state index contributed by atoms with van der Waals surface area (Å²) in [5, 5.41) is 3.83. The lowest BCUT2D eigenvalue weighted by Gasteiger charge is -2.13. The zero-order valence-electron chi connectivity index (χ0n) is 14.9. The van der Waals surface area contributed by atoms with Crippen molar-refractivity contribution in [1.82, 2.24) is 0 Å². The lowest BCUT2D eigenvalue weighted by atomic mass is 9.95. The van der Waals surface area contributed by atoms with Gasteiger partial charge in [-0.1, -0.05) is 35.5 Å². The molecule has 3 nitrogen and oxygen atoms in total. The number of benzene rings is 2. The van der Waals surface area contributed by atoms with E-state index in [2.05, 4.69) is 43.3 Å². The van der Waals surface area contributed by atoms with Crippen LogP contribution in [0, 0.1) is 13.8 Å². The van der Waals surface area contributed by atoms with Crippen LogP contribution in [0.1, 0.15) is 34.7 Å². The van der Waals surface area contributed by atoms with Crippen molar-refractivity contribution in [2.75, 3.05) is 13.7 Å². The molecule has 0 radical (unpaired) electrons. The highest BCUT2D eigenvalue weighted by atomic mass is 16.6. The molecule has 0 unspecified atom stereocenters. The van der Waals surface area contributed by atoms with Gasteiger partial charge in [-0.2, -0.15) is 0 Å². The fourth-order valence-electron chi connectivity index (χ4n) is 2.66. The molecular formula is C21H25NO2. The Labute approximate surface area is 144 Å². The van der Waals surface area contributed by atoms with Gasteiger partial charge in [0.05, 0.1) is 6.21 Å². The van der Waals surface area contributed by atoms with Crippen molar-refractivity contribution in [1.29, 1.82) is 0 Å². The van der Waals surface area contributed by atoms with Crippen LogP contribution in [-0.2, 0) is 11.3 Å². The molecule has 0 aromatic heterocycles. The Morgan fingerprint density at radius 2 is 1.83 bits per heavy atom. The number of hydrogen-bond donors (Lipinski definition) is 0. The molecular weight excluding hydrogens is 298 g/mol. The van der Waals surface area contributed by atoms with E-state index >= 15 is 0 Å². The van der Waals surface area contributed by atoms with Crippen LogP contribution >= 0.6 is 0 Å². The van der Waals surface area contributed by atoms with Crippen LogP contribution in [0.3, 0.4) is 0 Å². The monoisotopic (exact) mass is 323 g/mol. The standard InChI is InChI=1S/C21H25NO2/c1-5-6-10-24-20-11-16(2)21(17(3)12-20)14-18-8-7-9-19(13-18)15-22-23-4/h5-9,11-13,15H,10,14H2,1-4H3/b6-5+,22-15+. The maximum Gasteiger partial charge on any atom is 0.120 e. The van der Waals surface area contributed by atoms with Crippen molar-refractivity contribution in [3.63, 3.8) is 0 Å². The van der Waals surface area contributed by atoms with Gasteiger partial charge < -0.3 is 9.57 Å². The predicted molar refractivity (Wildman–Crippen MR) is 100 cm³/mol. The average Bonchev–Trinajstić information content (AvgIpc) is 2.57. The van der Waals surface area contributed by atoms with Crippen LogP contribution in [0.5, 0.6) is 5.75 Å². The van der Waals surface area contributed by atoms with Crippen LogP contribution in [0.2, 0.25) is 0 Å². The quantitative estimate of drug-likeness (QED) is 0.415. The smallest absolute Gasteiger partial charge is 0.120 e. The van der Waals surface area contributed by atoms with E-state index in [1.807, 2.05) is 31.2 Å². The summed E-state index contributed by atoms with van der Waals surface area (Å²) < 4.78 is 5.76. The fourth-order valence-corrected chi connectivity index (χ4v) is 2.66. The first-order valence-electron chi connectivity index (χ1n) is 8.13. The molecule has 0 saturated carbocycles. The summed E-state index contributed by atoms with van der Waals surface area (Å²) in [6.07, 6.45) is 6.61. The van der Waals surface area contributed by atoms with E-state index in [9.17, 15) is 0 Å². The number of aryl methyl sites for hydroxylation is 2. The Bertz CT molecular complexity index is 709. The highest BCUT2D eigenvalue weighted by molar-refractivity contribution is 5.79. The minimum absolute atomic E-state index is 0.607. The molecule has 0 aliphatic heterocycles. The van der Waals surface area contributed by atoms with Crippen molar-refractivity contribution in [2.24, 2.45) is 5.16 Å². The van der Waals surface area contributed by atoms with Crippen molar-refractivity contribution in [2.45, 2.75) is 27.2 Å². The van der Waals surface area contributed by atoms with E-state index in [4.69, 9.17) is 9.57 Å². The molecule has 2 aromatic rings. The third kappa shape index (κ3) is 4.98. The summed E-state index contributed by atoms with van der Waals surface area (Å²) in [6, 6.07) is 12.6. The van der Waals surface area contributed by atoms with Gasteiger partial charge in [0.1, 0.15) is 19.5 Å². The molecule has 0 N–H and O–H groups in total. The van der Waals surface area contributed by atoms with Crippen molar-refractivity contribution in [3.8, 4) is 5.75 Å². The first-order chi connectivity index (χ1) is 11.6. The molecule has 2 aromatic carbocycles. The maximum absolute atomic E-state index is 5.76. The molecule has 0 atom stereocenters. The van der Waals surface area contributed by atoms with E-state index < -0.39 is 0 Å². The molecule has 24 heavy (non-hydrogen) atoms. The number of ether oxygens (including phenoxy) is 1. The Kier molecular flexibility index (Phi) is 6.62. The van der Waals surface area contributed by atoms with Gasteiger partial charge in [0.15, 0.2) is 0 Å². The van der Waals surface area contributed by atoms with E-state index in [0.29, 0.717) is 6.61 Å². The van der Waals surface area contributed by atoms with Gasteiger partial charge in [-0.15, -0.1) is 0 Å². The van der Waals surface area contributed by atoms with Gasteiger partial charge in [0.25, 0.3) is 0 Å². The Morgan fingerprint density at radius 1 is 1.08 bits per heavy atom. The Morgan fingerprint density at radius 3 is 2.50 bits per heavy atom. The van der Waals surface area contributed by atoms with E-state index in [-0.39, 0.29) is 0 Å². The van der Waals surface area contributed by atoms with Gasteiger partial charge in [0, 0.05) is 0 Å². The predicted octanol–water partition coefficient (Wildman–Crippen LogP) is 4.83. The molecule has 0 bridgehead atoms. The summed E-state index contributed by atoms with van der Waals surface area (Å²) in [4.78, 5) is 4.75. The first kappa shape index (κ1) is 17.8. The molecule has 0 amide bonds. The summed E-state index contributed by atoms with van der Waals surface area (Å²) in [5.41, 5.74) is 6.14. The van der Waals surface area contributed by atoms with Gasteiger partial charge in [-0.25, -0.2) is 0 Å². The second-order valence-corrected chi connectivity index (χ2v) is 5.75. The second kappa shape index (κ2) is 8.92. The largest absolute Gasteiger partial charge is 0.490 e. The molecule has 0 saturated heterocycles. The Hall–Kier alpha value is -2.55. The number of allylic oxidation sites excluding steroid dienone is 1. The van der Waals surface area contributed by atoms with Crippen molar-refractivity contribution >= 4 is 6.21 Å². The third-order valence-corrected chi connectivity index (χ3v) is 3.89. The van der Waals surface area contributed by atoms with E-state index in [0.717, 1.165) is 17.7 Å². The van der Waals surface area contributed by atoms with Gasteiger partial charge >= 0.3 is 0 Å². The fraction of sp³-hybridized carbons (Fsp3) is 0.286. The van der Waals surface area contributed by atoms with E-state index in [1.54, 1.807) is 13.3 Å². The first-order valence-corrected chi connectivity index (χ1v) is 8.13. The van der Waals surface area contributed by atoms with Crippen LogP contribution in [0.25, 0.3) is 0 Å². The summed E-state index contributed by atoms with van der Waals surface area (Å²) in [6.45, 7) is 6.88. The topological polar surface area (TPSA) is 30.8 Å². The molecule has 126 valence electrons. The number of hydrogen-bond acceptors (Lipinski definition) is 3. The zero-order chi connectivity index (χ0) is 17.4. The highest BCUT2D eigenvalue weighted by Gasteiger charge is 2.07. The molecule has 3 heteroatoms. The van der Waals surface area contributed by atoms with Crippen LogP contribution in [0.4, 0.5) is 0 Å². The summed E-state index contributed by atoms with van der Waals surface area (Å²) in [5.74, 6) is 0.924. The van der Waals surface area contributed by atoms with Crippen molar-refractivity contribution < 1.29 is 9.57 Å². The van der Waals surface area contributed by atoms with Crippen LogP contribution in [-0.4, -0.2) is 19.9 Å². The lowest BCUT2D eigenvalue weighted by molar-refractivity contribution is 0.215. The van der Waals surface area contributed by atoms with Crippen LogP contribution in [0.15, 0.2) is 53.7 Å². The Balaban J connectivity index is 2.19. The lowest BCUT2D eigenvalue weighted by Crippen LogP contribution is -2.00. The van der Waals surface area contributed by atoms with Gasteiger partial charge in [-0.3, -0.25) is 0 Å².